The Balaban J connectivity index is 2.33. The van der Waals surface area contributed by atoms with Gasteiger partial charge in [-0.05, 0) is 44.9 Å². The van der Waals surface area contributed by atoms with Crippen LogP contribution in [0.25, 0.3) is 0 Å². The lowest BCUT2D eigenvalue weighted by Crippen LogP contribution is -3.12. The van der Waals surface area contributed by atoms with E-state index in [-0.39, 0.29) is 5.78 Å². The SMILES string of the molecule is CC[NH+](CC)CCOc1ccc(CCC(C)=O)cc1. The Morgan fingerprint density at radius 2 is 1.79 bits per heavy atom. The highest BCUT2D eigenvalue weighted by molar-refractivity contribution is 5.75. The van der Waals surface area contributed by atoms with Crippen molar-refractivity contribution >= 4 is 5.78 Å². The summed E-state index contributed by atoms with van der Waals surface area (Å²) >= 11 is 0. The number of carbonyl (C=O) groups excluding carboxylic acids is 1. The van der Waals surface area contributed by atoms with Gasteiger partial charge in [-0.2, -0.15) is 0 Å². The zero-order valence-corrected chi connectivity index (χ0v) is 12.4. The molecule has 0 radical (unpaired) electrons. The summed E-state index contributed by atoms with van der Waals surface area (Å²) in [5.74, 6) is 1.15. The molecule has 0 bridgehead atoms. The number of ketones is 1. The Morgan fingerprint density at radius 1 is 1.16 bits per heavy atom. The van der Waals surface area contributed by atoms with Crippen LogP contribution in [0.4, 0.5) is 0 Å². The van der Waals surface area contributed by atoms with Crippen LogP contribution in [0.15, 0.2) is 24.3 Å². The van der Waals surface area contributed by atoms with Crippen LogP contribution in [0.3, 0.4) is 0 Å². The van der Waals surface area contributed by atoms with E-state index in [9.17, 15) is 4.79 Å². The first kappa shape index (κ1) is 15.7. The van der Waals surface area contributed by atoms with E-state index in [1.54, 1.807) is 11.8 Å². The molecule has 1 N–H and O–H groups in total. The standard InChI is InChI=1S/C16H25NO2/c1-4-17(5-2)12-13-19-16-10-8-15(9-11-16)7-6-14(3)18/h8-11H,4-7,12-13H2,1-3H3/p+1. The first-order valence-corrected chi connectivity index (χ1v) is 7.20. The molecule has 19 heavy (non-hydrogen) atoms. The average Bonchev–Trinajstić information content (AvgIpc) is 2.42. The molecule has 0 atom stereocenters. The van der Waals surface area contributed by atoms with Gasteiger partial charge in [0.1, 0.15) is 24.7 Å². The van der Waals surface area contributed by atoms with E-state index in [4.69, 9.17) is 4.74 Å². The molecular formula is C16H26NO2+. The van der Waals surface area contributed by atoms with Crippen molar-refractivity contribution in [2.24, 2.45) is 0 Å². The van der Waals surface area contributed by atoms with Gasteiger partial charge in [0.05, 0.1) is 13.1 Å². The normalized spacial score (nSPS) is 10.7. The van der Waals surface area contributed by atoms with E-state index < -0.39 is 0 Å². The average molecular weight is 264 g/mol. The van der Waals surface area contributed by atoms with Crippen LogP contribution in [0, 0.1) is 0 Å². The third-order valence-electron chi connectivity index (χ3n) is 3.41. The predicted octanol–water partition coefficient (Wildman–Crippen LogP) is 1.51. The minimum atomic E-state index is 0.238. The third kappa shape index (κ3) is 6.39. The van der Waals surface area contributed by atoms with Crippen LogP contribution >= 0.6 is 0 Å². The van der Waals surface area contributed by atoms with Crippen molar-refractivity contribution in [3.63, 3.8) is 0 Å². The number of quaternary nitrogens is 1. The number of hydrogen-bond donors (Lipinski definition) is 1. The predicted molar refractivity (Wildman–Crippen MR) is 77.9 cm³/mol. The molecule has 0 heterocycles. The summed E-state index contributed by atoms with van der Waals surface area (Å²) < 4.78 is 5.73. The molecule has 106 valence electrons. The van der Waals surface area contributed by atoms with Crippen LogP contribution in [0.1, 0.15) is 32.8 Å². The van der Waals surface area contributed by atoms with Crippen LogP contribution in [0.2, 0.25) is 0 Å². The number of Topliss-reactive ketones (excluding diaryl/α,β-unsaturated/α-hetero) is 1. The van der Waals surface area contributed by atoms with Crippen molar-refractivity contribution in [3.05, 3.63) is 29.8 Å². The number of hydrogen-bond acceptors (Lipinski definition) is 2. The molecule has 0 unspecified atom stereocenters. The second-order valence-electron chi connectivity index (χ2n) is 4.90. The van der Waals surface area contributed by atoms with Crippen molar-refractivity contribution in [3.8, 4) is 5.75 Å². The molecule has 0 saturated carbocycles. The molecule has 1 rings (SSSR count). The van der Waals surface area contributed by atoms with E-state index >= 15 is 0 Å². The summed E-state index contributed by atoms with van der Waals surface area (Å²) in [6.07, 6.45) is 1.44. The highest BCUT2D eigenvalue weighted by atomic mass is 16.5. The van der Waals surface area contributed by atoms with Crippen molar-refractivity contribution in [1.82, 2.24) is 0 Å². The number of aryl methyl sites for hydroxylation is 1. The number of benzene rings is 1. The van der Waals surface area contributed by atoms with Crippen molar-refractivity contribution in [2.75, 3.05) is 26.2 Å². The summed E-state index contributed by atoms with van der Waals surface area (Å²) in [5, 5.41) is 0. The van der Waals surface area contributed by atoms with Gasteiger partial charge in [0.25, 0.3) is 0 Å². The summed E-state index contributed by atoms with van der Waals surface area (Å²) in [4.78, 5) is 12.5. The number of ether oxygens (including phenoxy) is 1. The molecule has 0 spiro atoms. The Kier molecular flexibility index (Phi) is 7.19. The smallest absolute Gasteiger partial charge is 0.137 e. The Bertz CT molecular complexity index is 369. The van der Waals surface area contributed by atoms with Gasteiger partial charge < -0.3 is 14.4 Å². The molecule has 0 aliphatic carbocycles. The van der Waals surface area contributed by atoms with E-state index in [1.807, 2.05) is 24.3 Å². The Morgan fingerprint density at radius 3 is 2.32 bits per heavy atom. The van der Waals surface area contributed by atoms with E-state index in [0.717, 1.165) is 38.4 Å². The zero-order chi connectivity index (χ0) is 14.1. The quantitative estimate of drug-likeness (QED) is 0.733. The molecule has 3 nitrogen and oxygen atoms in total. The second kappa shape index (κ2) is 8.70. The van der Waals surface area contributed by atoms with Gasteiger partial charge in [0.15, 0.2) is 0 Å². The van der Waals surface area contributed by atoms with Gasteiger partial charge in [-0.1, -0.05) is 12.1 Å². The van der Waals surface area contributed by atoms with E-state index in [1.165, 1.54) is 5.56 Å². The fraction of sp³-hybridized carbons (Fsp3) is 0.562. The Labute approximate surface area is 116 Å². The number of nitrogens with one attached hydrogen (secondary N) is 1. The molecule has 3 heteroatoms. The van der Waals surface area contributed by atoms with Crippen LogP contribution < -0.4 is 9.64 Å². The van der Waals surface area contributed by atoms with Gasteiger partial charge in [-0.3, -0.25) is 0 Å². The number of likely N-dealkylation sites (N-methyl/N-ethyl adjacent to an activating group) is 1. The van der Waals surface area contributed by atoms with Gasteiger partial charge in [-0.25, -0.2) is 0 Å². The fourth-order valence-electron chi connectivity index (χ4n) is 1.99. The molecule has 0 aliphatic rings. The fourth-order valence-corrected chi connectivity index (χ4v) is 1.99. The molecule has 1 aromatic carbocycles. The highest BCUT2D eigenvalue weighted by Gasteiger charge is 2.03. The van der Waals surface area contributed by atoms with E-state index in [2.05, 4.69) is 13.8 Å². The third-order valence-corrected chi connectivity index (χ3v) is 3.41. The van der Waals surface area contributed by atoms with Crippen LogP contribution in [-0.2, 0) is 11.2 Å². The number of rotatable bonds is 9. The molecule has 0 aliphatic heterocycles. The minimum Gasteiger partial charge on any atom is -0.488 e. The van der Waals surface area contributed by atoms with Gasteiger partial charge in [0.2, 0.25) is 0 Å². The van der Waals surface area contributed by atoms with Crippen molar-refractivity contribution in [2.45, 2.75) is 33.6 Å². The highest BCUT2D eigenvalue weighted by Crippen LogP contribution is 2.13. The maximum Gasteiger partial charge on any atom is 0.137 e. The lowest BCUT2D eigenvalue weighted by molar-refractivity contribution is -0.896. The van der Waals surface area contributed by atoms with E-state index in [0.29, 0.717) is 6.42 Å². The van der Waals surface area contributed by atoms with Crippen LogP contribution in [-0.4, -0.2) is 32.0 Å². The topological polar surface area (TPSA) is 30.7 Å². The van der Waals surface area contributed by atoms with Gasteiger partial charge >= 0.3 is 0 Å². The number of carbonyl (C=O) groups is 1. The lowest BCUT2D eigenvalue weighted by atomic mass is 10.1. The summed E-state index contributed by atoms with van der Waals surface area (Å²) in [6, 6.07) is 8.07. The summed E-state index contributed by atoms with van der Waals surface area (Å²) in [6.45, 7) is 10.1. The Hall–Kier alpha value is -1.35. The monoisotopic (exact) mass is 264 g/mol. The van der Waals surface area contributed by atoms with Crippen LogP contribution in [0.5, 0.6) is 5.75 Å². The maximum absolute atomic E-state index is 10.9. The molecule has 0 saturated heterocycles. The van der Waals surface area contributed by atoms with Gasteiger partial charge in [0, 0.05) is 6.42 Å². The molecule has 0 amide bonds. The minimum absolute atomic E-state index is 0.238. The van der Waals surface area contributed by atoms with Crippen molar-refractivity contribution in [1.29, 1.82) is 0 Å². The summed E-state index contributed by atoms with van der Waals surface area (Å²) in [7, 11) is 0. The zero-order valence-electron chi connectivity index (χ0n) is 12.4. The van der Waals surface area contributed by atoms with Crippen molar-refractivity contribution < 1.29 is 14.4 Å². The largest absolute Gasteiger partial charge is 0.488 e. The maximum atomic E-state index is 10.9. The molecule has 0 fully saturated rings. The van der Waals surface area contributed by atoms with Gasteiger partial charge in [-0.15, -0.1) is 0 Å². The first-order chi connectivity index (χ1) is 9.15. The first-order valence-electron chi connectivity index (χ1n) is 7.20. The molecule has 1 aromatic rings. The molecular weight excluding hydrogens is 238 g/mol. The second-order valence-corrected chi connectivity index (χ2v) is 4.90. The summed E-state index contributed by atoms with van der Waals surface area (Å²) in [5.41, 5.74) is 1.19. The molecule has 0 aromatic heterocycles. The lowest BCUT2D eigenvalue weighted by Gasteiger charge is -2.15.